The molecule has 0 aliphatic rings. The molecule has 1 aromatic carbocycles. The molecule has 1 aromatic rings. The highest BCUT2D eigenvalue weighted by molar-refractivity contribution is 5.89. The molecule has 2 amide bonds. The Morgan fingerprint density at radius 2 is 1.82 bits per heavy atom. The van der Waals surface area contributed by atoms with Crippen LogP contribution >= 0.6 is 0 Å². The predicted molar refractivity (Wildman–Crippen MR) is 70.8 cm³/mol. The zero-order chi connectivity index (χ0) is 16.9. The van der Waals surface area contributed by atoms with Crippen molar-refractivity contribution in [2.45, 2.75) is 25.4 Å². The minimum atomic E-state index is -4.84. The summed E-state index contributed by atoms with van der Waals surface area (Å²) >= 11 is 0. The Bertz CT molecular complexity index is 518. The second-order valence-electron chi connectivity index (χ2n) is 4.39. The third kappa shape index (κ3) is 4.57. The van der Waals surface area contributed by atoms with Crippen LogP contribution in [0.1, 0.15) is 12.5 Å². The molecule has 0 fully saturated rings. The fraction of sp³-hybridized carbons (Fsp3) is 0.462. The maximum Gasteiger partial charge on any atom is 0.419 e. The third-order valence-electron chi connectivity index (χ3n) is 2.78. The first kappa shape index (κ1) is 18.2. The van der Waals surface area contributed by atoms with E-state index in [4.69, 9.17) is 9.47 Å². The Morgan fingerprint density at radius 3 is 2.32 bits per heavy atom. The molecule has 1 rings (SSSR count). The summed E-state index contributed by atoms with van der Waals surface area (Å²) < 4.78 is 61.3. The van der Waals surface area contributed by atoms with Gasteiger partial charge >= 0.3 is 12.2 Å². The van der Waals surface area contributed by atoms with Crippen molar-refractivity contribution in [2.24, 2.45) is 0 Å². The number of alkyl halides is 3. The van der Waals surface area contributed by atoms with Gasteiger partial charge in [-0.25, -0.2) is 9.18 Å². The first-order valence-electron chi connectivity index (χ1n) is 6.19. The van der Waals surface area contributed by atoms with E-state index >= 15 is 0 Å². The molecule has 0 aliphatic carbocycles. The van der Waals surface area contributed by atoms with E-state index in [1.165, 1.54) is 14.2 Å². The molecule has 0 saturated carbocycles. The average Bonchev–Trinajstić information content (AvgIpc) is 2.41. The van der Waals surface area contributed by atoms with E-state index in [0.717, 1.165) is 12.1 Å². The second-order valence-corrected chi connectivity index (χ2v) is 4.39. The molecule has 124 valence electrons. The fourth-order valence-electron chi connectivity index (χ4n) is 1.79. The summed E-state index contributed by atoms with van der Waals surface area (Å²) in [7, 11) is 2.72. The van der Waals surface area contributed by atoms with Crippen LogP contribution in [0.2, 0.25) is 0 Å². The van der Waals surface area contributed by atoms with E-state index in [2.05, 4.69) is 5.32 Å². The number of benzene rings is 1. The van der Waals surface area contributed by atoms with Gasteiger partial charge in [0.2, 0.25) is 0 Å². The van der Waals surface area contributed by atoms with Crippen molar-refractivity contribution in [3.63, 3.8) is 0 Å². The monoisotopic (exact) mass is 324 g/mol. The van der Waals surface area contributed by atoms with Gasteiger partial charge in [0, 0.05) is 14.2 Å². The van der Waals surface area contributed by atoms with Crippen molar-refractivity contribution in [2.75, 3.05) is 19.5 Å². The summed E-state index contributed by atoms with van der Waals surface area (Å²) in [6.45, 7) is 1.56. The lowest BCUT2D eigenvalue weighted by Crippen LogP contribution is -2.44. The molecule has 2 N–H and O–H groups in total. The SMILES string of the molecule is COC(OC)C(C)NC(=O)Nc1cccc(C(F)(F)F)c1F. The van der Waals surface area contributed by atoms with E-state index in [0.29, 0.717) is 6.07 Å². The van der Waals surface area contributed by atoms with Crippen molar-refractivity contribution in [3.8, 4) is 0 Å². The number of hydrogen-bond donors (Lipinski definition) is 2. The van der Waals surface area contributed by atoms with Crippen LogP contribution in [0.4, 0.5) is 28.0 Å². The van der Waals surface area contributed by atoms with Gasteiger partial charge in [-0.3, -0.25) is 0 Å². The predicted octanol–water partition coefficient (Wildman–Crippen LogP) is 2.97. The summed E-state index contributed by atoms with van der Waals surface area (Å²) in [4.78, 5) is 11.7. The van der Waals surface area contributed by atoms with Gasteiger partial charge in [-0.15, -0.1) is 0 Å². The molecule has 1 atom stereocenters. The van der Waals surface area contributed by atoms with Crippen LogP contribution in [0.5, 0.6) is 0 Å². The van der Waals surface area contributed by atoms with Crippen molar-refractivity contribution < 1.29 is 31.8 Å². The minimum Gasteiger partial charge on any atom is -0.354 e. The largest absolute Gasteiger partial charge is 0.419 e. The van der Waals surface area contributed by atoms with Crippen LogP contribution < -0.4 is 10.6 Å². The van der Waals surface area contributed by atoms with Crippen LogP contribution in [0.15, 0.2) is 18.2 Å². The van der Waals surface area contributed by atoms with Crippen molar-refractivity contribution >= 4 is 11.7 Å². The zero-order valence-electron chi connectivity index (χ0n) is 12.1. The number of hydrogen-bond acceptors (Lipinski definition) is 3. The lowest BCUT2D eigenvalue weighted by Gasteiger charge is -2.22. The van der Waals surface area contributed by atoms with Gasteiger partial charge in [-0.1, -0.05) is 6.07 Å². The number of amides is 2. The van der Waals surface area contributed by atoms with Crippen LogP contribution in [0, 0.1) is 5.82 Å². The number of methoxy groups -OCH3 is 2. The van der Waals surface area contributed by atoms with E-state index in [1.54, 1.807) is 6.92 Å². The Labute approximate surface area is 124 Å². The maximum atomic E-state index is 13.7. The lowest BCUT2D eigenvalue weighted by atomic mass is 10.2. The molecular formula is C13H16F4N2O3. The first-order chi connectivity index (χ1) is 10.2. The highest BCUT2D eigenvalue weighted by atomic mass is 19.4. The fourth-order valence-corrected chi connectivity index (χ4v) is 1.79. The average molecular weight is 324 g/mol. The number of ether oxygens (including phenoxy) is 2. The molecule has 0 saturated heterocycles. The molecule has 9 heteroatoms. The van der Waals surface area contributed by atoms with Crippen molar-refractivity contribution in [3.05, 3.63) is 29.6 Å². The molecule has 0 bridgehead atoms. The lowest BCUT2D eigenvalue weighted by molar-refractivity contribution is -0.139. The van der Waals surface area contributed by atoms with Crippen molar-refractivity contribution in [1.29, 1.82) is 0 Å². The van der Waals surface area contributed by atoms with Gasteiger partial charge in [0.15, 0.2) is 12.1 Å². The van der Waals surface area contributed by atoms with Crippen LogP contribution in [0.3, 0.4) is 0 Å². The number of nitrogens with one attached hydrogen (secondary N) is 2. The van der Waals surface area contributed by atoms with Gasteiger partial charge in [-0.2, -0.15) is 13.2 Å². The summed E-state index contributed by atoms with van der Waals surface area (Å²) in [5, 5.41) is 4.39. The highest BCUT2D eigenvalue weighted by Crippen LogP contribution is 2.33. The molecule has 0 aliphatic heterocycles. The third-order valence-corrected chi connectivity index (χ3v) is 2.78. The number of halogens is 4. The Kier molecular flexibility index (Phi) is 6.12. The Hall–Kier alpha value is -1.87. The van der Waals surface area contributed by atoms with E-state index in [9.17, 15) is 22.4 Å². The molecule has 0 heterocycles. The minimum absolute atomic E-state index is 0.578. The summed E-state index contributed by atoms with van der Waals surface area (Å²) in [5.74, 6) is -1.55. The second kappa shape index (κ2) is 7.41. The van der Waals surface area contributed by atoms with Crippen LogP contribution in [0.25, 0.3) is 0 Å². The summed E-state index contributed by atoms with van der Waals surface area (Å²) in [6.07, 6.45) is -5.60. The zero-order valence-corrected chi connectivity index (χ0v) is 12.1. The quantitative estimate of drug-likeness (QED) is 0.647. The number of rotatable bonds is 5. The smallest absolute Gasteiger partial charge is 0.354 e. The number of urea groups is 1. The molecule has 22 heavy (non-hydrogen) atoms. The molecule has 0 spiro atoms. The van der Waals surface area contributed by atoms with E-state index in [-0.39, 0.29) is 0 Å². The van der Waals surface area contributed by atoms with Crippen molar-refractivity contribution in [1.82, 2.24) is 5.32 Å². The molecule has 5 nitrogen and oxygen atoms in total. The van der Waals surface area contributed by atoms with Gasteiger partial charge in [-0.05, 0) is 19.1 Å². The topological polar surface area (TPSA) is 59.6 Å². The molecule has 1 unspecified atom stereocenters. The molecule has 0 aromatic heterocycles. The van der Waals surface area contributed by atoms with E-state index < -0.39 is 41.6 Å². The maximum absolute atomic E-state index is 13.7. The first-order valence-corrected chi connectivity index (χ1v) is 6.19. The van der Waals surface area contributed by atoms with E-state index in [1.807, 2.05) is 5.32 Å². The number of carbonyl (C=O) groups is 1. The van der Waals surface area contributed by atoms with Crippen LogP contribution in [-0.4, -0.2) is 32.6 Å². The molecule has 0 radical (unpaired) electrons. The standard InChI is InChI=1S/C13H16F4N2O3/c1-7(11(21-2)22-3)18-12(20)19-9-6-4-5-8(10(9)14)13(15,16)17/h4-7,11H,1-3H3,(H2,18,19,20). The summed E-state index contributed by atoms with van der Waals surface area (Å²) in [5.41, 5.74) is -2.03. The van der Waals surface area contributed by atoms with Gasteiger partial charge in [0.1, 0.15) is 0 Å². The van der Waals surface area contributed by atoms with Crippen LogP contribution in [-0.2, 0) is 15.7 Å². The normalized spacial score (nSPS) is 13.1. The number of anilines is 1. The Balaban J connectivity index is 2.81. The van der Waals surface area contributed by atoms with Gasteiger partial charge < -0.3 is 20.1 Å². The van der Waals surface area contributed by atoms with Gasteiger partial charge in [0.05, 0.1) is 17.3 Å². The summed E-state index contributed by atoms with van der Waals surface area (Å²) in [6, 6.07) is 1.12. The molecular weight excluding hydrogens is 308 g/mol. The Morgan fingerprint density at radius 1 is 1.23 bits per heavy atom. The highest BCUT2D eigenvalue weighted by Gasteiger charge is 2.35. The number of carbonyl (C=O) groups excluding carboxylic acids is 1. The van der Waals surface area contributed by atoms with Gasteiger partial charge in [0.25, 0.3) is 0 Å².